The van der Waals surface area contributed by atoms with Gasteiger partial charge in [-0.1, -0.05) is 83.0 Å². The van der Waals surface area contributed by atoms with Crippen LogP contribution in [-0.2, 0) is 22.6 Å². The molecule has 0 bridgehead atoms. The SMILES string of the molecule is CCCNC(=O)[C@@H](Cc1ccccc1)N(Cc1cccc(Br)c1)C(=O)CCSc1ccc(C)cc1. The number of benzene rings is 3. The molecular weight excluding hydrogens is 520 g/mol. The molecule has 0 unspecified atom stereocenters. The molecular formula is C29H33BrN2O2S. The molecule has 0 spiro atoms. The third-order valence-corrected chi connectivity index (χ3v) is 7.17. The summed E-state index contributed by atoms with van der Waals surface area (Å²) in [5.74, 6) is 0.535. The van der Waals surface area contributed by atoms with Crippen LogP contribution in [0.5, 0.6) is 0 Å². The van der Waals surface area contributed by atoms with E-state index in [0.717, 1.165) is 26.9 Å². The molecule has 3 aromatic carbocycles. The minimum atomic E-state index is -0.584. The second-order valence-corrected chi connectivity index (χ2v) is 10.6. The third kappa shape index (κ3) is 8.86. The number of thioether (sulfide) groups is 1. The summed E-state index contributed by atoms with van der Waals surface area (Å²) in [5.41, 5.74) is 3.23. The fourth-order valence-corrected chi connectivity index (χ4v) is 5.07. The Balaban J connectivity index is 1.82. The van der Waals surface area contributed by atoms with E-state index in [-0.39, 0.29) is 11.8 Å². The molecule has 0 radical (unpaired) electrons. The first-order valence-corrected chi connectivity index (χ1v) is 13.8. The average molecular weight is 554 g/mol. The first kappa shape index (κ1) is 27.0. The zero-order valence-electron chi connectivity index (χ0n) is 20.4. The summed E-state index contributed by atoms with van der Waals surface area (Å²) in [7, 11) is 0. The smallest absolute Gasteiger partial charge is 0.243 e. The molecule has 0 heterocycles. The summed E-state index contributed by atoms with van der Waals surface area (Å²) in [5, 5.41) is 3.03. The van der Waals surface area contributed by atoms with Crippen LogP contribution in [0.15, 0.2) is 88.2 Å². The normalized spacial score (nSPS) is 11.6. The second-order valence-electron chi connectivity index (χ2n) is 8.56. The molecule has 1 N–H and O–H groups in total. The van der Waals surface area contributed by atoms with E-state index < -0.39 is 6.04 Å². The van der Waals surface area contributed by atoms with Crippen molar-refractivity contribution >= 4 is 39.5 Å². The highest BCUT2D eigenvalue weighted by atomic mass is 79.9. The number of hydrogen-bond acceptors (Lipinski definition) is 3. The van der Waals surface area contributed by atoms with E-state index in [9.17, 15) is 9.59 Å². The number of carbonyl (C=O) groups is 2. The fourth-order valence-electron chi connectivity index (χ4n) is 3.79. The number of halogens is 1. The number of nitrogens with zero attached hydrogens (tertiary/aromatic N) is 1. The van der Waals surface area contributed by atoms with E-state index in [1.807, 2.05) is 61.5 Å². The molecule has 184 valence electrons. The van der Waals surface area contributed by atoms with E-state index in [2.05, 4.69) is 52.4 Å². The summed E-state index contributed by atoms with van der Waals surface area (Å²) in [6.07, 6.45) is 1.68. The molecule has 3 aromatic rings. The predicted molar refractivity (Wildman–Crippen MR) is 148 cm³/mol. The molecule has 0 aliphatic heterocycles. The van der Waals surface area contributed by atoms with Gasteiger partial charge in [0.1, 0.15) is 6.04 Å². The highest BCUT2D eigenvalue weighted by Gasteiger charge is 2.30. The highest BCUT2D eigenvalue weighted by Crippen LogP contribution is 2.22. The largest absolute Gasteiger partial charge is 0.354 e. The number of amides is 2. The van der Waals surface area contributed by atoms with Gasteiger partial charge in [0, 0.05) is 41.1 Å². The lowest BCUT2D eigenvalue weighted by atomic mass is 10.0. The van der Waals surface area contributed by atoms with Gasteiger partial charge in [0.05, 0.1) is 0 Å². The van der Waals surface area contributed by atoms with Gasteiger partial charge < -0.3 is 10.2 Å². The van der Waals surface area contributed by atoms with Crippen molar-refractivity contribution in [2.75, 3.05) is 12.3 Å². The molecule has 2 amide bonds. The molecule has 0 saturated carbocycles. The van der Waals surface area contributed by atoms with Crippen molar-refractivity contribution in [3.63, 3.8) is 0 Å². The maximum absolute atomic E-state index is 13.6. The predicted octanol–water partition coefficient (Wildman–Crippen LogP) is 6.41. The molecule has 0 aliphatic rings. The first-order chi connectivity index (χ1) is 17.0. The Hall–Kier alpha value is -2.57. The number of rotatable bonds is 12. The molecule has 0 aromatic heterocycles. The summed E-state index contributed by atoms with van der Waals surface area (Å²) in [6, 6.07) is 25.6. The Kier molecular flexibility index (Phi) is 10.9. The van der Waals surface area contributed by atoms with E-state index in [1.165, 1.54) is 5.56 Å². The summed E-state index contributed by atoms with van der Waals surface area (Å²) in [6.45, 7) is 5.06. The molecule has 3 rings (SSSR count). The quantitative estimate of drug-likeness (QED) is 0.264. The van der Waals surface area contributed by atoms with Gasteiger partial charge >= 0.3 is 0 Å². The van der Waals surface area contributed by atoms with Crippen LogP contribution in [0.3, 0.4) is 0 Å². The van der Waals surface area contributed by atoms with Gasteiger partial charge in [-0.3, -0.25) is 9.59 Å². The van der Waals surface area contributed by atoms with Crippen LogP contribution < -0.4 is 5.32 Å². The van der Waals surface area contributed by atoms with E-state index in [0.29, 0.717) is 31.7 Å². The standard InChI is InChI=1S/C29H33BrN2O2S/c1-3-17-31-29(34)27(20-23-8-5-4-6-9-23)32(21-24-10-7-11-25(30)19-24)28(33)16-18-35-26-14-12-22(2)13-15-26/h4-15,19,27H,3,16-18,20-21H2,1-2H3,(H,31,34)/t27-/m1/s1. The van der Waals surface area contributed by atoms with Crippen LogP contribution in [0.1, 0.15) is 36.5 Å². The van der Waals surface area contributed by atoms with Crippen LogP contribution in [0.4, 0.5) is 0 Å². The van der Waals surface area contributed by atoms with Gasteiger partial charge in [-0.15, -0.1) is 11.8 Å². The van der Waals surface area contributed by atoms with Crippen molar-refractivity contribution in [1.29, 1.82) is 0 Å². The topological polar surface area (TPSA) is 49.4 Å². The molecule has 0 fully saturated rings. The van der Waals surface area contributed by atoms with Crippen LogP contribution in [0.2, 0.25) is 0 Å². The van der Waals surface area contributed by atoms with Gasteiger partial charge in [-0.05, 0) is 48.7 Å². The Bertz CT molecular complexity index is 1090. The number of nitrogens with one attached hydrogen (secondary N) is 1. The Morgan fingerprint density at radius 1 is 0.971 bits per heavy atom. The van der Waals surface area contributed by atoms with Crippen molar-refractivity contribution in [3.8, 4) is 0 Å². The maximum atomic E-state index is 13.6. The van der Waals surface area contributed by atoms with Gasteiger partial charge in [-0.2, -0.15) is 0 Å². The highest BCUT2D eigenvalue weighted by molar-refractivity contribution is 9.10. The second kappa shape index (κ2) is 14.1. The van der Waals surface area contributed by atoms with Crippen molar-refractivity contribution in [2.24, 2.45) is 0 Å². The number of aryl methyl sites for hydroxylation is 1. The Morgan fingerprint density at radius 3 is 2.37 bits per heavy atom. The van der Waals surface area contributed by atoms with E-state index in [4.69, 9.17) is 0 Å². The number of carbonyl (C=O) groups excluding carboxylic acids is 2. The molecule has 0 aliphatic carbocycles. The van der Waals surface area contributed by atoms with Gasteiger partial charge in [0.15, 0.2) is 0 Å². The van der Waals surface area contributed by atoms with Crippen LogP contribution in [0, 0.1) is 6.92 Å². The van der Waals surface area contributed by atoms with Crippen LogP contribution in [0.25, 0.3) is 0 Å². The van der Waals surface area contributed by atoms with Gasteiger partial charge in [0.25, 0.3) is 0 Å². The lowest BCUT2D eigenvalue weighted by Crippen LogP contribution is -2.50. The number of hydrogen-bond donors (Lipinski definition) is 1. The first-order valence-electron chi connectivity index (χ1n) is 12.0. The van der Waals surface area contributed by atoms with Gasteiger partial charge in [-0.25, -0.2) is 0 Å². The lowest BCUT2D eigenvalue weighted by Gasteiger charge is -2.31. The van der Waals surface area contributed by atoms with Crippen LogP contribution >= 0.6 is 27.7 Å². The Morgan fingerprint density at radius 2 is 1.69 bits per heavy atom. The maximum Gasteiger partial charge on any atom is 0.243 e. The molecule has 4 nitrogen and oxygen atoms in total. The summed E-state index contributed by atoms with van der Waals surface area (Å²) < 4.78 is 0.951. The van der Waals surface area contributed by atoms with Crippen LogP contribution in [-0.4, -0.2) is 35.1 Å². The monoisotopic (exact) mass is 552 g/mol. The van der Waals surface area contributed by atoms with Gasteiger partial charge in [0.2, 0.25) is 11.8 Å². The van der Waals surface area contributed by atoms with E-state index in [1.54, 1.807) is 16.7 Å². The molecule has 35 heavy (non-hydrogen) atoms. The average Bonchev–Trinajstić information content (AvgIpc) is 2.86. The molecule has 1 atom stereocenters. The molecule has 6 heteroatoms. The van der Waals surface area contributed by atoms with Crippen molar-refractivity contribution in [1.82, 2.24) is 10.2 Å². The Labute approximate surface area is 221 Å². The van der Waals surface area contributed by atoms with Crippen molar-refractivity contribution in [3.05, 3.63) is 100 Å². The van der Waals surface area contributed by atoms with Crippen molar-refractivity contribution < 1.29 is 9.59 Å². The summed E-state index contributed by atoms with van der Waals surface area (Å²) in [4.78, 5) is 29.8. The fraction of sp³-hybridized carbons (Fsp3) is 0.310. The van der Waals surface area contributed by atoms with Crippen molar-refractivity contribution in [2.45, 2.75) is 50.6 Å². The minimum absolute atomic E-state index is 0.0165. The minimum Gasteiger partial charge on any atom is -0.354 e. The zero-order chi connectivity index (χ0) is 25.0. The lowest BCUT2D eigenvalue weighted by molar-refractivity contribution is -0.141. The zero-order valence-corrected chi connectivity index (χ0v) is 22.8. The molecule has 0 saturated heterocycles. The summed E-state index contributed by atoms with van der Waals surface area (Å²) >= 11 is 5.20. The van der Waals surface area contributed by atoms with E-state index >= 15 is 0 Å². The third-order valence-electron chi connectivity index (χ3n) is 5.67.